The summed E-state index contributed by atoms with van der Waals surface area (Å²) in [5.74, 6) is 0.0219. The number of amides is 1. The van der Waals surface area contributed by atoms with E-state index in [1.807, 2.05) is 50.2 Å². The van der Waals surface area contributed by atoms with Gasteiger partial charge in [0.25, 0.3) is 11.7 Å². The first-order chi connectivity index (χ1) is 18.0. The smallest absolute Gasteiger partial charge is 0.295 e. The van der Waals surface area contributed by atoms with Crippen LogP contribution in [0.15, 0.2) is 48.0 Å². The third-order valence-electron chi connectivity index (χ3n) is 7.17. The van der Waals surface area contributed by atoms with E-state index in [1.54, 1.807) is 11.0 Å². The molecular formula is C29H34N2O6. The number of fused-ring (bicyclic) bond motifs is 1. The molecule has 0 radical (unpaired) electrons. The fraction of sp³-hybridized carbons (Fsp3) is 0.448. The minimum atomic E-state index is -0.700. The molecule has 2 aromatic carbocycles. The van der Waals surface area contributed by atoms with Gasteiger partial charge in [-0.3, -0.25) is 14.5 Å². The SMILES string of the molecule is CCOc1cccc([C@H]2C(=C(O)c3ccc4c(c3)C[C@@H](C)O4)C(=O)C(=O)N2CCCN2CCOCC2)c1. The number of nitrogens with zero attached hydrogens (tertiary/aromatic N) is 2. The van der Waals surface area contributed by atoms with Crippen molar-refractivity contribution in [3.8, 4) is 11.5 Å². The van der Waals surface area contributed by atoms with Crippen LogP contribution in [-0.2, 0) is 20.7 Å². The number of carbonyl (C=O) groups excluding carboxylic acids is 2. The summed E-state index contributed by atoms with van der Waals surface area (Å²) >= 11 is 0. The van der Waals surface area contributed by atoms with Gasteiger partial charge in [0.15, 0.2) is 0 Å². The lowest BCUT2D eigenvalue weighted by molar-refractivity contribution is -0.140. The topological polar surface area (TPSA) is 88.5 Å². The largest absolute Gasteiger partial charge is 0.507 e. The number of likely N-dealkylation sites (tertiary alicyclic amines) is 1. The van der Waals surface area contributed by atoms with Gasteiger partial charge in [-0.25, -0.2) is 0 Å². The van der Waals surface area contributed by atoms with Crippen molar-refractivity contribution in [2.75, 3.05) is 46.0 Å². The molecule has 37 heavy (non-hydrogen) atoms. The number of aliphatic hydroxyl groups is 1. The van der Waals surface area contributed by atoms with E-state index in [2.05, 4.69) is 4.90 Å². The first-order valence-corrected chi connectivity index (χ1v) is 13.1. The van der Waals surface area contributed by atoms with Crippen molar-refractivity contribution < 1.29 is 28.9 Å². The highest BCUT2D eigenvalue weighted by atomic mass is 16.5. The Balaban J connectivity index is 1.49. The molecule has 5 rings (SSSR count). The van der Waals surface area contributed by atoms with Gasteiger partial charge in [-0.15, -0.1) is 0 Å². The van der Waals surface area contributed by atoms with E-state index in [0.29, 0.717) is 44.1 Å². The monoisotopic (exact) mass is 506 g/mol. The second-order valence-electron chi connectivity index (χ2n) is 9.76. The summed E-state index contributed by atoms with van der Waals surface area (Å²) in [7, 11) is 0. The second-order valence-corrected chi connectivity index (χ2v) is 9.76. The van der Waals surface area contributed by atoms with Gasteiger partial charge in [0.2, 0.25) is 0 Å². The van der Waals surface area contributed by atoms with Crippen LogP contribution in [0, 0.1) is 0 Å². The van der Waals surface area contributed by atoms with E-state index in [9.17, 15) is 14.7 Å². The Labute approximate surface area is 217 Å². The molecule has 3 aliphatic heterocycles. The second kappa shape index (κ2) is 10.9. The van der Waals surface area contributed by atoms with E-state index in [4.69, 9.17) is 14.2 Å². The van der Waals surface area contributed by atoms with E-state index < -0.39 is 17.7 Å². The van der Waals surface area contributed by atoms with Crippen molar-refractivity contribution in [2.24, 2.45) is 0 Å². The molecule has 0 saturated carbocycles. The van der Waals surface area contributed by atoms with Gasteiger partial charge in [-0.2, -0.15) is 0 Å². The van der Waals surface area contributed by atoms with Crippen LogP contribution in [-0.4, -0.2) is 78.7 Å². The van der Waals surface area contributed by atoms with E-state index in [1.165, 1.54) is 0 Å². The lowest BCUT2D eigenvalue weighted by atomic mass is 9.94. The van der Waals surface area contributed by atoms with Gasteiger partial charge in [-0.1, -0.05) is 12.1 Å². The van der Waals surface area contributed by atoms with E-state index >= 15 is 0 Å². The van der Waals surface area contributed by atoms with Crippen LogP contribution < -0.4 is 9.47 Å². The quantitative estimate of drug-likeness (QED) is 0.333. The van der Waals surface area contributed by atoms with Crippen LogP contribution in [0.25, 0.3) is 5.76 Å². The van der Waals surface area contributed by atoms with Gasteiger partial charge >= 0.3 is 0 Å². The fourth-order valence-electron chi connectivity index (χ4n) is 5.41. The minimum Gasteiger partial charge on any atom is -0.507 e. The zero-order chi connectivity index (χ0) is 25.9. The van der Waals surface area contributed by atoms with Gasteiger partial charge in [0.1, 0.15) is 23.4 Å². The molecule has 0 aliphatic carbocycles. The molecule has 8 heteroatoms. The van der Waals surface area contributed by atoms with Crippen LogP contribution in [0.2, 0.25) is 0 Å². The Bertz CT molecular complexity index is 1200. The molecule has 0 aromatic heterocycles. The number of ketones is 1. The molecular weight excluding hydrogens is 472 g/mol. The number of hydrogen-bond acceptors (Lipinski definition) is 7. The van der Waals surface area contributed by atoms with Crippen LogP contribution in [0.3, 0.4) is 0 Å². The van der Waals surface area contributed by atoms with Gasteiger partial charge in [0.05, 0.1) is 31.4 Å². The zero-order valence-corrected chi connectivity index (χ0v) is 21.4. The summed E-state index contributed by atoms with van der Waals surface area (Å²) in [5, 5.41) is 11.4. The number of Topliss-reactive ketones (excluding diaryl/α,β-unsaturated/α-hetero) is 1. The molecule has 0 bridgehead atoms. The molecule has 1 amide bonds. The Morgan fingerprint density at radius 1 is 1.11 bits per heavy atom. The molecule has 2 aromatic rings. The number of ether oxygens (including phenoxy) is 3. The lowest BCUT2D eigenvalue weighted by Crippen LogP contribution is -2.38. The third-order valence-corrected chi connectivity index (χ3v) is 7.17. The summed E-state index contributed by atoms with van der Waals surface area (Å²) in [6, 6.07) is 12.1. The highest BCUT2D eigenvalue weighted by Crippen LogP contribution is 2.41. The molecule has 0 spiro atoms. The number of morpholine rings is 1. The van der Waals surface area contributed by atoms with Crippen molar-refractivity contribution in [3.63, 3.8) is 0 Å². The summed E-state index contributed by atoms with van der Waals surface area (Å²) in [4.78, 5) is 30.6. The maximum atomic E-state index is 13.4. The van der Waals surface area contributed by atoms with E-state index in [0.717, 1.165) is 42.9 Å². The predicted molar refractivity (Wildman–Crippen MR) is 139 cm³/mol. The summed E-state index contributed by atoms with van der Waals surface area (Å²) < 4.78 is 16.9. The first-order valence-electron chi connectivity index (χ1n) is 13.1. The standard InChI is InChI=1S/C29H34N2O6/c1-3-36-23-7-4-6-20(18-23)26-25(27(32)21-8-9-24-22(17-21)16-19(2)37-24)28(33)29(34)31(26)11-5-10-30-12-14-35-15-13-30/h4,6-9,17-19,26,32H,3,5,10-16H2,1-2H3/t19-,26+/m1/s1. The summed E-state index contributed by atoms with van der Waals surface area (Å²) in [6.45, 7) is 8.74. The Morgan fingerprint density at radius 3 is 2.70 bits per heavy atom. The van der Waals surface area contributed by atoms with Crippen molar-refractivity contribution in [1.82, 2.24) is 9.80 Å². The Kier molecular flexibility index (Phi) is 7.48. The average Bonchev–Trinajstić information content (AvgIpc) is 3.40. The predicted octanol–water partition coefficient (Wildman–Crippen LogP) is 3.55. The maximum absolute atomic E-state index is 13.4. The van der Waals surface area contributed by atoms with Gasteiger partial charge < -0.3 is 24.2 Å². The molecule has 196 valence electrons. The zero-order valence-electron chi connectivity index (χ0n) is 21.4. The molecule has 2 saturated heterocycles. The van der Waals surface area contributed by atoms with Crippen molar-refractivity contribution >= 4 is 17.4 Å². The number of carbonyl (C=O) groups is 2. The van der Waals surface area contributed by atoms with Crippen LogP contribution >= 0.6 is 0 Å². The van der Waals surface area contributed by atoms with Crippen LogP contribution in [0.1, 0.15) is 43.0 Å². The Morgan fingerprint density at radius 2 is 1.92 bits per heavy atom. The van der Waals surface area contributed by atoms with Gasteiger partial charge in [0, 0.05) is 38.2 Å². The molecule has 1 N–H and O–H groups in total. The maximum Gasteiger partial charge on any atom is 0.295 e. The molecule has 2 atom stereocenters. The normalized spacial score (nSPS) is 23.2. The minimum absolute atomic E-state index is 0.0609. The number of aliphatic hydroxyl groups excluding tert-OH is 1. The highest BCUT2D eigenvalue weighted by Gasteiger charge is 2.46. The average molecular weight is 507 g/mol. The number of benzene rings is 2. The fourth-order valence-corrected chi connectivity index (χ4v) is 5.41. The molecule has 3 heterocycles. The number of rotatable bonds is 8. The van der Waals surface area contributed by atoms with Crippen molar-refractivity contribution in [2.45, 2.75) is 38.8 Å². The summed E-state index contributed by atoms with van der Waals surface area (Å²) in [6.07, 6.45) is 1.50. The van der Waals surface area contributed by atoms with Crippen molar-refractivity contribution in [3.05, 3.63) is 64.7 Å². The van der Waals surface area contributed by atoms with Gasteiger partial charge in [-0.05, 0) is 61.7 Å². The number of hydrogen-bond donors (Lipinski definition) is 1. The van der Waals surface area contributed by atoms with E-state index in [-0.39, 0.29) is 17.4 Å². The molecule has 0 unspecified atom stereocenters. The lowest BCUT2D eigenvalue weighted by Gasteiger charge is -2.29. The molecule has 3 aliphatic rings. The molecule has 8 nitrogen and oxygen atoms in total. The van der Waals surface area contributed by atoms with Crippen molar-refractivity contribution in [1.29, 1.82) is 0 Å². The summed E-state index contributed by atoms with van der Waals surface area (Å²) in [5.41, 5.74) is 2.33. The Hall–Kier alpha value is -3.36. The highest BCUT2D eigenvalue weighted by molar-refractivity contribution is 6.46. The molecule has 2 fully saturated rings. The van der Waals surface area contributed by atoms with Crippen LogP contribution in [0.4, 0.5) is 0 Å². The van der Waals surface area contributed by atoms with Crippen LogP contribution in [0.5, 0.6) is 11.5 Å². The third kappa shape index (κ3) is 5.22. The first kappa shape index (κ1) is 25.3.